The molecule has 0 spiro atoms. The number of amides is 1. The second-order valence-electron chi connectivity index (χ2n) is 6.92. The molecular formula is C20H25N5OS. The van der Waals surface area contributed by atoms with E-state index < -0.39 is 0 Å². The third-order valence-corrected chi connectivity index (χ3v) is 5.44. The number of hydrogen-bond acceptors (Lipinski definition) is 6. The molecule has 0 aliphatic carbocycles. The Morgan fingerprint density at radius 1 is 1.11 bits per heavy atom. The van der Waals surface area contributed by atoms with Crippen LogP contribution in [0.3, 0.4) is 0 Å². The average Bonchev–Trinajstić information content (AvgIpc) is 3.08. The highest BCUT2D eigenvalue weighted by atomic mass is 32.1. The van der Waals surface area contributed by atoms with Gasteiger partial charge in [0.25, 0.3) is 5.91 Å². The predicted octanol–water partition coefficient (Wildman–Crippen LogP) is 3.60. The van der Waals surface area contributed by atoms with Crippen LogP contribution in [0.2, 0.25) is 0 Å². The maximum Gasteiger partial charge on any atom is 0.272 e. The monoisotopic (exact) mass is 383 g/mol. The van der Waals surface area contributed by atoms with Gasteiger partial charge in [0, 0.05) is 37.6 Å². The van der Waals surface area contributed by atoms with Gasteiger partial charge in [-0.25, -0.2) is 15.0 Å². The van der Waals surface area contributed by atoms with E-state index in [0.29, 0.717) is 35.0 Å². The molecule has 3 aromatic rings. The van der Waals surface area contributed by atoms with Crippen LogP contribution in [0.25, 0.3) is 20.9 Å². The summed E-state index contributed by atoms with van der Waals surface area (Å²) in [7, 11) is 0. The van der Waals surface area contributed by atoms with Gasteiger partial charge in [0.1, 0.15) is 10.7 Å². The highest BCUT2D eigenvalue weighted by Gasteiger charge is 2.19. The van der Waals surface area contributed by atoms with Gasteiger partial charge in [0.15, 0.2) is 5.69 Å². The Kier molecular flexibility index (Phi) is 6.13. The molecule has 0 fully saturated rings. The largest absolute Gasteiger partial charge is 0.349 e. The van der Waals surface area contributed by atoms with Crippen molar-refractivity contribution in [3.8, 4) is 10.7 Å². The minimum Gasteiger partial charge on any atom is -0.349 e. The zero-order valence-electron chi connectivity index (χ0n) is 16.1. The Balaban J connectivity index is 1.76. The summed E-state index contributed by atoms with van der Waals surface area (Å²) in [5.74, 6) is -0.218. The number of thiazole rings is 1. The minimum atomic E-state index is -0.218. The Morgan fingerprint density at radius 2 is 1.81 bits per heavy atom. The molecular weight excluding hydrogens is 358 g/mol. The van der Waals surface area contributed by atoms with E-state index >= 15 is 0 Å². The number of para-hydroxylation sites is 1. The highest BCUT2D eigenvalue weighted by molar-refractivity contribution is 7.21. The second kappa shape index (κ2) is 8.54. The summed E-state index contributed by atoms with van der Waals surface area (Å²) in [6, 6.07) is 8.75. The van der Waals surface area contributed by atoms with Crippen molar-refractivity contribution >= 4 is 27.5 Å². The van der Waals surface area contributed by atoms with Crippen molar-refractivity contribution in [1.82, 2.24) is 25.2 Å². The predicted molar refractivity (Wildman–Crippen MR) is 110 cm³/mol. The normalized spacial score (nSPS) is 11.7. The van der Waals surface area contributed by atoms with Crippen molar-refractivity contribution < 1.29 is 4.79 Å². The van der Waals surface area contributed by atoms with Crippen molar-refractivity contribution in [2.24, 2.45) is 0 Å². The van der Waals surface area contributed by atoms with Gasteiger partial charge in [-0.1, -0.05) is 12.1 Å². The topological polar surface area (TPSA) is 71.0 Å². The Bertz CT molecular complexity index is 880. The number of aromatic nitrogens is 3. The summed E-state index contributed by atoms with van der Waals surface area (Å²) in [5, 5.41) is 3.69. The Labute approximate surface area is 163 Å². The summed E-state index contributed by atoms with van der Waals surface area (Å²) in [5.41, 5.74) is 1.75. The van der Waals surface area contributed by atoms with Crippen LogP contribution in [-0.2, 0) is 0 Å². The van der Waals surface area contributed by atoms with Crippen LogP contribution in [0.4, 0.5) is 0 Å². The molecule has 0 unspecified atom stereocenters. The van der Waals surface area contributed by atoms with Gasteiger partial charge in [0.2, 0.25) is 0 Å². The van der Waals surface area contributed by atoms with Crippen LogP contribution < -0.4 is 5.32 Å². The van der Waals surface area contributed by atoms with Crippen LogP contribution in [0.5, 0.6) is 0 Å². The first kappa shape index (κ1) is 19.4. The summed E-state index contributed by atoms with van der Waals surface area (Å²) >= 11 is 1.52. The zero-order valence-corrected chi connectivity index (χ0v) is 17.0. The molecule has 2 aromatic heterocycles. The smallest absolute Gasteiger partial charge is 0.272 e. The van der Waals surface area contributed by atoms with E-state index in [4.69, 9.17) is 0 Å². The number of carbonyl (C=O) groups excluding carboxylic acids is 1. The van der Waals surface area contributed by atoms with E-state index in [9.17, 15) is 4.79 Å². The second-order valence-corrected chi connectivity index (χ2v) is 7.95. The van der Waals surface area contributed by atoms with Gasteiger partial charge in [-0.15, -0.1) is 11.3 Å². The molecule has 0 aliphatic rings. The lowest BCUT2D eigenvalue weighted by atomic mass is 10.2. The van der Waals surface area contributed by atoms with Crippen molar-refractivity contribution in [2.75, 3.05) is 13.1 Å². The quantitative estimate of drug-likeness (QED) is 0.675. The number of carbonyl (C=O) groups is 1. The molecule has 2 heterocycles. The van der Waals surface area contributed by atoms with Gasteiger partial charge in [-0.05, 0) is 39.8 Å². The molecule has 0 saturated heterocycles. The fraction of sp³-hybridized carbons (Fsp3) is 0.400. The standard InChI is InChI=1S/C20H25N5OS/c1-13(2)25(14(3)4)12-11-23-19(26)17-18(22-10-9-21-17)20-24-15-7-5-6-8-16(15)27-20/h5-10,13-14H,11-12H2,1-4H3,(H,23,26). The maximum absolute atomic E-state index is 12.7. The molecule has 0 bridgehead atoms. The highest BCUT2D eigenvalue weighted by Crippen LogP contribution is 2.29. The number of fused-ring (bicyclic) bond motifs is 1. The SMILES string of the molecule is CC(C)N(CCNC(=O)c1nccnc1-c1nc2ccccc2s1)C(C)C. The molecule has 3 rings (SSSR count). The average molecular weight is 384 g/mol. The number of benzene rings is 1. The first-order valence-electron chi connectivity index (χ1n) is 9.18. The minimum absolute atomic E-state index is 0.218. The Morgan fingerprint density at radius 3 is 2.52 bits per heavy atom. The Hall–Kier alpha value is -2.38. The molecule has 6 nitrogen and oxygen atoms in total. The maximum atomic E-state index is 12.7. The van der Waals surface area contributed by atoms with Gasteiger partial charge < -0.3 is 5.32 Å². The van der Waals surface area contributed by atoms with Crippen LogP contribution in [-0.4, -0.2) is 50.9 Å². The summed E-state index contributed by atoms with van der Waals surface area (Å²) in [6.07, 6.45) is 3.14. The molecule has 1 amide bonds. The van der Waals surface area contributed by atoms with E-state index in [1.807, 2.05) is 24.3 Å². The van der Waals surface area contributed by atoms with Gasteiger partial charge in [-0.2, -0.15) is 0 Å². The first-order chi connectivity index (χ1) is 13.0. The van der Waals surface area contributed by atoms with Crippen molar-refractivity contribution in [2.45, 2.75) is 39.8 Å². The molecule has 0 radical (unpaired) electrons. The summed E-state index contributed by atoms with van der Waals surface area (Å²) < 4.78 is 1.06. The summed E-state index contributed by atoms with van der Waals surface area (Å²) in [6.45, 7) is 10.00. The molecule has 7 heteroatoms. The van der Waals surface area contributed by atoms with Gasteiger partial charge in [0.05, 0.1) is 10.2 Å². The molecule has 0 saturated carbocycles. The molecule has 1 N–H and O–H groups in total. The third kappa shape index (κ3) is 4.48. The molecule has 0 atom stereocenters. The fourth-order valence-electron chi connectivity index (χ4n) is 3.13. The molecule has 27 heavy (non-hydrogen) atoms. The molecule has 142 valence electrons. The van der Waals surface area contributed by atoms with Gasteiger partial charge in [-0.3, -0.25) is 9.69 Å². The number of nitrogens with one attached hydrogen (secondary N) is 1. The van der Waals surface area contributed by atoms with Gasteiger partial charge >= 0.3 is 0 Å². The fourth-order valence-corrected chi connectivity index (χ4v) is 4.09. The van der Waals surface area contributed by atoms with Crippen LogP contribution in [0, 0.1) is 0 Å². The lowest BCUT2D eigenvalue weighted by Crippen LogP contribution is -2.42. The van der Waals surface area contributed by atoms with Crippen LogP contribution >= 0.6 is 11.3 Å². The number of hydrogen-bond donors (Lipinski definition) is 1. The third-order valence-electron chi connectivity index (χ3n) is 4.39. The van der Waals surface area contributed by atoms with E-state index in [1.54, 1.807) is 12.4 Å². The summed E-state index contributed by atoms with van der Waals surface area (Å²) in [4.78, 5) is 28.3. The first-order valence-corrected chi connectivity index (χ1v) is 10.00. The van der Waals surface area contributed by atoms with E-state index in [1.165, 1.54) is 11.3 Å². The molecule has 0 aliphatic heterocycles. The van der Waals surface area contributed by atoms with Crippen LogP contribution in [0.15, 0.2) is 36.7 Å². The van der Waals surface area contributed by atoms with Crippen LogP contribution in [0.1, 0.15) is 38.2 Å². The van der Waals surface area contributed by atoms with E-state index in [2.05, 4.69) is 52.9 Å². The lowest BCUT2D eigenvalue weighted by molar-refractivity contribution is 0.0935. The number of rotatable bonds is 7. The van der Waals surface area contributed by atoms with Crippen molar-refractivity contribution in [3.05, 3.63) is 42.4 Å². The zero-order chi connectivity index (χ0) is 19.4. The molecule has 1 aromatic carbocycles. The lowest BCUT2D eigenvalue weighted by Gasteiger charge is -2.30. The van der Waals surface area contributed by atoms with E-state index in [0.717, 1.165) is 16.8 Å². The number of nitrogens with zero attached hydrogens (tertiary/aromatic N) is 4. The van der Waals surface area contributed by atoms with Crippen molar-refractivity contribution in [1.29, 1.82) is 0 Å². The van der Waals surface area contributed by atoms with Crippen molar-refractivity contribution in [3.63, 3.8) is 0 Å². The van der Waals surface area contributed by atoms with E-state index in [-0.39, 0.29) is 5.91 Å².